The summed E-state index contributed by atoms with van der Waals surface area (Å²) in [6, 6.07) is 3.27. The van der Waals surface area contributed by atoms with Crippen LogP contribution >= 0.6 is 11.3 Å². The molecule has 120 valence electrons. The first-order valence-corrected chi connectivity index (χ1v) is 9.55. The van der Waals surface area contributed by atoms with Gasteiger partial charge in [0.15, 0.2) is 0 Å². The van der Waals surface area contributed by atoms with E-state index in [0.717, 1.165) is 11.1 Å². The lowest BCUT2D eigenvalue weighted by Gasteiger charge is -2.24. The Kier molecular flexibility index (Phi) is 6.79. The molecular weight excluding hydrogens is 310 g/mol. The van der Waals surface area contributed by atoms with Gasteiger partial charge < -0.3 is 16.0 Å². The summed E-state index contributed by atoms with van der Waals surface area (Å²) >= 11 is 1.63. The number of amides is 1. The highest BCUT2D eigenvalue weighted by molar-refractivity contribution is 7.90. The van der Waals surface area contributed by atoms with Crippen molar-refractivity contribution in [3.63, 3.8) is 0 Å². The first-order valence-electron chi connectivity index (χ1n) is 6.61. The number of nitrogens with zero attached hydrogens (tertiary/aromatic N) is 1. The second-order valence-corrected chi connectivity index (χ2v) is 8.50. The Bertz CT molecular complexity index is 541. The molecule has 8 heteroatoms. The van der Waals surface area contributed by atoms with Gasteiger partial charge in [-0.2, -0.15) is 0 Å². The molecule has 0 saturated heterocycles. The highest BCUT2D eigenvalue weighted by atomic mass is 32.2. The summed E-state index contributed by atoms with van der Waals surface area (Å²) < 4.78 is 22.2. The fourth-order valence-electron chi connectivity index (χ4n) is 1.82. The zero-order valence-corrected chi connectivity index (χ0v) is 14.2. The Balaban J connectivity index is 2.50. The van der Waals surface area contributed by atoms with Crippen molar-refractivity contribution in [3.05, 3.63) is 22.4 Å². The van der Waals surface area contributed by atoms with Crippen LogP contribution in [0.4, 0.5) is 0 Å². The summed E-state index contributed by atoms with van der Waals surface area (Å²) in [6.45, 7) is 0.443. The largest absolute Gasteiger partial charge is 0.353 e. The summed E-state index contributed by atoms with van der Waals surface area (Å²) in [5.74, 6) is -0.397. The number of sulfone groups is 1. The third-order valence-electron chi connectivity index (χ3n) is 3.10. The van der Waals surface area contributed by atoms with Crippen molar-refractivity contribution in [2.75, 3.05) is 32.6 Å². The van der Waals surface area contributed by atoms with Crippen molar-refractivity contribution in [2.45, 2.75) is 18.5 Å². The van der Waals surface area contributed by atoms with Gasteiger partial charge in [-0.15, -0.1) is 11.3 Å². The molecule has 0 fully saturated rings. The molecule has 1 aromatic rings. The number of nitrogens with two attached hydrogens (primary N) is 1. The molecule has 3 N–H and O–H groups in total. The minimum absolute atomic E-state index is 0.0797. The quantitative estimate of drug-likeness (QED) is 0.710. The normalized spacial score (nSPS) is 14.9. The first kappa shape index (κ1) is 18.1. The molecule has 21 heavy (non-hydrogen) atoms. The van der Waals surface area contributed by atoms with Crippen molar-refractivity contribution in [1.82, 2.24) is 10.2 Å². The highest BCUT2D eigenvalue weighted by Crippen LogP contribution is 2.22. The van der Waals surface area contributed by atoms with Crippen molar-refractivity contribution < 1.29 is 13.2 Å². The van der Waals surface area contributed by atoms with Crippen LogP contribution in [0.2, 0.25) is 0 Å². The van der Waals surface area contributed by atoms with E-state index >= 15 is 0 Å². The summed E-state index contributed by atoms with van der Waals surface area (Å²) in [5, 5.41) is 4.79. The van der Waals surface area contributed by atoms with Gasteiger partial charge in [0.2, 0.25) is 5.91 Å². The monoisotopic (exact) mass is 333 g/mol. The molecule has 0 saturated carbocycles. The molecule has 0 bridgehead atoms. The molecule has 1 rings (SSSR count). The SMILES string of the molecule is CN(C)C(CNC(=O)C(N)CCS(C)(=O)=O)c1cccs1. The van der Waals surface area contributed by atoms with Gasteiger partial charge in [-0.05, 0) is 32.0 Å². The minimum Gasteiger partial charge on any atom is -0.353 e. The van der Waals surface area contributed by atoms with Crippen LogP contribution in [-0.2, 0) is 14.6 Å². The summed E-state index contributed by atoms with van der Waals surface area (Å²) in [6.07, 6.45) is 1.27. The summed E-state index contributed by atoms with van der Waals surface area (Å²) in [4.78, 5) is 15.1. The van der Waals surface area contributed by atoms with E-state index in [0.29, 0.717) is 6.54 Å². The number of hydrogen-bond acceptors (Lipinski definition) is 6. The van der Waals surface area contributed by atoms with Crippen LogP contribution in [0.25, 0.3) is 0 Å². The van der Waals surface area contributed by atoms with Crippen LogP contribution in [0.3, 0.4) is 0 Å². The second-order valence-electron chi connectivity index (χ2n) is 5.27. The predicted octanol–water partition coefficient (Wildman–Crippen LogP) is 0.229. The fraction of sp³-hybridized carbons (Fsp3) is 0.615. The molecule has 1 heterocycles. The first-order chi connectivity index (χ1) is 9.70. The van der Waals surface area contributed by atoms with E-state index in [2.05, 4.69) is 5.32 Å². The molecule has 6 nitrogen and oxygen atoms in total. The highest BCUT2D eigenvalue weighted by Gasteiger charge is 2.19. The molecule has 0 aromatic carbocycles. The fourth-order valence-corrected chi connectivity index (χ4v) is 3.42. The van der Waals surface area contributed by atoms with Gasteiger partial charge in [0.05, 0.1) is 17.8 Å². The molecule has 2 unspecified atom stereocenters. The van der Waals surface area contributed by atoms with Crippen LogP contribution < -0.4 is 11.1 Å². The molecule has 1 amide bonds. The molecular formula is C13H23N3O3S2. The standard InChI is InChI=1S/C13H23N3O3S2/c1-16(2)11(12-5-4-7-20-12)9-15-13(17)10(14)6-8-21(3,18)19/h4-5,7,10-11H,6,8-9,14H2,1-3H3,(H,15,17). The average molecular weight is 333 g/mol. The van der Waals surface area contributed by atoms with E-state index in [1.54, 1.807) is 11.3 Å². The van der Waals surface area contributed by atoms with Gasteiger partial charge in [-0.3, -0.25) is 4.79 Å². The second kappa shape index (κ2) is 7.88. The molecule has 0 aliphatic carbocycles. The van der Waals surface area contributed by atoms with Crippen molar-refractivity contribution in [1.29, 1.82) is 0 Å². The van der Waals surface area contributed by atoms with Gasteiger partial charge in [0.25, 0.3) is 0 Å². The Morgan fingerprint density at radius 2 is 2.14 bits per heavy atom. The summed E-state index contributed by atoms with van der Waals surface area (Å²) in [5.41, 5.74) is 5.72. The van der Waals surface area contributed by atoms with Crippen LogP contribution in [0.5, 0.6) is 0 Å². The van der Waals surface area contributed by atoms with Gasteiger partial charge >= 0.3 is 0 Å². The van der Waals surface area contributed by atoms with Gasteiger partial charge in [-0.1, -0.05) is 6.07 Å². The van der Waals surface area contributed by atoms with Crippen LogP contribution in [0.1, 0.15) is 17.3 Å². The number of carbonyl (C=O) groups is 1. The molecule has 2 atom stereocenters. The Labute approximate surface area is 130 Å². The number of thiophene rings is 1. The molecule has 0 radical (unpaired) electrons. The minimum atomic E-state index is -3.10. The van der Waals surface area contributed by atoms with E-state index < -0.39 is 15.9 Å². The van der Waals surface area contributed by atoms with Crippen LogP contribution in [0.15, 0.2) is 17.5 Å². The van der Waals surface area contributed by atoms with Crippen molar-refractivity contribution in [2.24, 2.45) is 5.73 Å². The van der Waals surface area contributed by atoms with Gasteiger partial charge in [0.1, 0.15) is 9.84 Å². The van der Waals surface area contributed by atoms with Crippen molar-refractivity contribution in [3.8, 4) is 0 Å². The van der Waals surface area contributed by atoms with E-state index in [1.165, 1.54) is 0 Å². The smallest absolute Gasteiger partial charge is 0.237 e. The third-order valence-corrected chi connectivity index (χ3v) is 5.05. The van der Waals surface area contributed by atoms with Crippen LogP contribution in [0, 0.1) is 0 Å². The zero-order valence-electron chi connectivity index (χ0n) is 12.6. The lowest BCUT2D eigenvalue weighted by molar-refractivity contribution is -0.122. The van der Waals surface area contributed by atoms with Gasteiger partial charge in [0, 0.05) is 17.7 Å². The number of rotatable bonds is 8. The Hall–Kier alpha value is -0.960. The van der Waals surface area contributed by atoms with Gasteiger partial charge in [-0.25, -0.2) is 8.42 Å². The maximum Gasteiger partial charge on any atom is 0.237 e. The van der Waals surface area contributed by atoms with E-state index in [9.17, 15) is 13.2 Å². The number of nitrogens with one attached hydrogen (secondary N) is 1. The Morgan fingerprint density at radius 1 is 1.48 bits per heavy atom. The number of carbonyl (C=O) groups excluding carboxylic acids is 1. The summed E-state index contributed by atoms with van der Waals surface area (Å²) in [7, 11) is 0.790. The predicted molar refractivity (Wildman–Crippen MR) is 86.1 cm³/mol. The van der Waals surface area contributed by atoms with E-state index in [1.807, 2.05) is 36.5 Å². The zero-order chi connectivity index (χ0) is 16.0. The maximum absolute atomic E-state index is 11.9. The lowest BCUT2D eigenvalue weighted by Crippen LogP contribution is -2.44. The molecule has 0 spiro atoms. The average Bonchev–Trinajstić information content (AvgIpc) is 2.88. The maximum atomic E-state index is 11.9. The van der Waals surface area contributed by atoms with Crippen molar-refractivity contribution >= 4 is 27.1 Å². The van der Waals surface area contributed by atoms with Crippen LogP contribution in [-0.4, -0.2) is 57.9 Å². The molecule has 1 aromatic heterocycles. The van der Waals surface area contributed by atoms with E-state index in [4.69, 9.17) is 5.73 Å². The third kappa shape index (κ3) is 6.56. The van der Waals surface area contributed by atoms with E-state index in [-0.39, 0.29) is 24.1 Å². The Morgan fingerprint density at radius 3 is 2.62 bits per heavy atom. The molecule has 0 aliphatic rings. The topological polar surface area (TPSA) is 92.5 Å². The number of likely N-dealkylation sites (N-methyl/N-ethyl adjacent to an activating group) is 1. The molecule has 0 aliphatic heterocycles. The lowest BCUT2D eigenvalue weighted by atomic mass is 10.2. The number of hydrogen-bond donors (Lipinski definition) is 2.